The SMILES string of the molecule is C[C@@H](NC(=O)CCN1C(=O)c2ccccc2C1=O)c1ccc(F)cc1. The monoisotopic (exact) mass is 340 g/mol. The maximum Gasteiger partial charge on any atom is 0.261 e. The molecule has 1 atom stereocenters. The van der Waals surface area contributed by atoms with Crippen molar-refractivity contribution in [2.24, 2.45) is 0 Å². The van der Waals surface area contributed by atoms with Crippen LogP contribution in [0.3, 0.4) is 0 Å². The lowest BCUT2D eigenvalue weighted by Crippen LogP contribution is -2.35. The topological polar surface area (TPSA) is 66.5 Å². The minimum atomic E-state index is -0.375. The second-order valence-corrected chi connectivity index (χ2v) is 5.90. The van der Waals surface area contributed by atoms with Crippen LogP contribution in [-0.4, -0.2) is 29.2 Å². The van der Waals surface area contributed by atoms with Gasteiger partial charge >= 0.3 is 0 Å². The molecular weight excluding hydrogens is 323 g/mol. The number of halogens is 1. The Bertz CT molecular complexity index is 798. The molecule has 0 saturated heterocycles. The second-order valence-electron chi connectivity index (χ2n) is 5.90. The Balaban J connectivity index is 1.57. The Labute approximate surface area is 144 Å². The average molecular weight is 340 g/mol. The van der Waals surface area contributed by atoms with E-state index in [0.29, 0.717) is 11.1 Å². The van der Waals surface area contributed by atoms with E-state index in [9.17, 15) is 18.8 Å². The van der Waals surface area contributed by atoms with Crippen molar-refractivity contribution in [1.82, 2.24) is 10.2 Å². The molecule has 0 aromatic heterocycles. The van der Waals surface area contributed by atoms with E-state index < -0.39 is 0 Å². The normalized spacial score (nSPS) is 14.4. The molecule has 0 unspecified atom stereocenters. The zero-order valence-corrected chi connectivity index (χ0v) is 13.7. The van der Waals surface area contributed by atoms with Gasteiger partial charge in [0.2, 0.25) is 5.91 Å². The standard InChI is InChI=1S/C19H17FN2O3/c1-12(13-6-8-14(20)9-7-13)21-17(23)10-11-22-18(24)15-4-2-3-5-16(15)19(22)25/h2-9,12H,10-11H2,1H3,(H,21,23)/t12-/m1/s1. The third kappa shape index (κ3) is 3.42. The summed E-state index contributed by atoms with van der Waals surface area (Å²) in [5, 5.41) is 2.78. The van der Waals surface area contributed by atoms with Crippen LogP contribution in [0.4, 0.5) is 4.39 Å². The first-order valence-electron chi connectivity index (χ1n) is 7.97. The molecule has 25 heavy (non-hydrogen) atoms. The first-order valence-corrected chi connectivity index (χ1v) is 7.97. The third-order valence-corrected chi connectivity index (χ3v) is 4.19. The molecule has 0 fully saturated rings. The van der Waals surface area contributed by atoms with Crippen LogP contribution < -0.4 is 5.32 Å². The first-order chi connectivity index (χ1) is 12.0. The van der Waals surface area contributed by atoms with E-state index in [-0.39, 0.29) is 42.5 Å². The number of hydrogen-bond donors (Lipinski definition) is 1. The number of amides is 3. The van der Waals surface area contributed by atoms with Gasteiger partial charge < -0.3 is 5.32 Å². The summed E-state index contributed by atoms with van der Waals surface area (Å²) in [5.41, 5.74) is 1.51. The van der Waals surface area contributed by atoms with Gasteiger partial charge in [-0.25, -0.2) is 4.39 Å². The summed E-state index contributed by atoms with van der Waals surface area (Å²) < 4.78 is 12.9. The van der Waals surface area contributed by atoms with Crippen LogP contribution in [0.15, 0.2) is 48.5 Å². The van der Waals surface area contributed by atoms with Gasteiger partial charge in [0, 0.05) is 13.0 Å². The Morgan fingerprint density at radius 1 is 1.04 bits per heavy atom. The Kier molecular flexibility index (Phi) is 4.61. The summed E-state index contributed by atoms with van der Waals surface area (Å²) in [6.07, 6.45) is 0.0109. The molecule has 0 aliphatic carbocycles. The van der Waals surface area contributed by atoms with Gasteiger partial charge in [-0.3, -0.25) is 19.3 Å². The number of hydrogen-bond acceptors (Lipinski definition) is 3. The van der Waals surface area contributed by atoms with Crippen LogP contribution >= 0.6 is 0 Å². The summed E-state index contributed by atoms with van der Waals surface area (Å²) in [4.78, 5) is 37.7. The maximum atomic E-state index is 12.9. The first kappa shape index (κ1) is 16.8. The van der Waals surface area contributed by atoms with Crippen molar-refractivity contribution >= 4 is 17.7 Å². The highest BCUT2D eigenvalue weighted by atomic mass is 19.1. The minimum absolute atomic E-state index is 0.0109. The lowest BCUT2D eigenvalue weighted by molar-refractivity contribution is -0.121. The zero-order chi connectivity index (χ0) is 18.0. The van der Waals surface area contributed by atoms with Gasteiger partial charge in [-0.1, -0.05) is 24.3 Å². The number of nitrogens with one attached hydrogen (secondary N) is 1. The van der Waals surface area contributed by atoms with Crippen molar-refractivity contribution in [1.29, 1.82) is 0 Å². The molecule has 1 aliphatic heterocycles. The predicted molar refractivity (Wildman–Crippen MR) is 89.4 cm³/mol. The van der Waals surface area contributed by atoms with Crippen LogP contribution in [0.5, 0.6) is 0 Å². The highest BCUT2D eigenvalue weighted by Crippen LogP contribution is 2.22. The number of carbonyl (C=O) groups is 3. The maximum absolute atomic E-state index is 12.9. The largest absolute Gasteiger partial charge is 0.350 e. The van der Waals surface area contributed by atoms with Crippen molar-refractivity contribution in [2.45, 2.75) is 19.4 Å². The fourth-order valence-electron chi connectivity index (χ4n) is 2.80. The van der Waals surface area contributed by atoms with E-state index in [1.54, 1.807) is 43.3 Å². The molecule has 2 aromatic rings. The number of rotatable bonds is 5. The molecule has 0 bridgehead atoms. The summed E-state index contributed by atoms with van der Waals surface area (Å²) in [7, 11) is 0. The van der Waals surface area contributed by atoms with Gasteiger partial charge in [0.05, 0.1) is 17.2 Å². The molecule has 3 amide bonds. The van der Waals surface area contributed by atoms with Crippen molar-refractivity contribution in [3.8, 4) is 0 Å². The van der Waals surface area contributed by atoms with E-state index in [1.807, 2.05) is 0 Å². The summed E-state index contributed by atoms with van der Waals surface area (Å²) in [5.74, 6) is -1.37. The van der Waals surface area contributed by atoms with Gasteiger partial charge in [-0.05, 0) is 36.8 Å². The highest BCUT2D eigenvalue weighted by molar-refractivity contribution is 6.21. The molecule has 1 heterocycles. The lowest BCUT2D eigenvalue weighted by Gasteiger charge is -2.17. The van der Waals surface area contributed by atoms with E-state index in [2.05, 4.69) is 5.32 Å². The molecule has 0 saturated carbocycles. The van der Waals surface area contributed by atoms with Crippen molar-refractivity contribution in [3.63, 3.8) is 0 Å². The van der Waals surface area contributed by atoms with Crippen molar-refractivity contribution < 1.29 is 18.8 Å². The molecule has 3 rings (SSSR count). The van der Waals surface area contributed by atoms with E-state index in [1.165, 1.54) is 12.1 Å². The smallest absolute Gasteiger partial charge is 0.261 e. The highest BCUT2D eigenvalue weighted by Gasteiger charge is 2.34. The van der Waals surface area contributed by atoms with Gasteiger partial charge in [-0.2, -0.15) is 0 Å². The molecule has 6 heteroatoms. The van der Waals surface area contributed by atoms with Gasteiger partial charge in [0.1, 0.15) is 5.82 Å². The third-order valence-electron chi connectivity index (χ3n) is 4.19. The van der Waals surface area contributed by atoms with Gasteiger partial charge in [-0.15, -0.1) is 0 Å². The van der Waals surface area contributed by atoms with Crippen molar-refractivity contribution in [2.75, 3.05) is 6.54 Å². The second kappa shape index (κ2) is 6.84. The molecule has 1 N–H and O–H groups in total. The van der Waals surface area contributed by atoms with Gasteiger partial charge in [0.25, 0.3) is 11.8 Å². The van der Waals surface area contributed by atoms with E-state index in [0.717, 1.165) is 10.5 Å². The molecule has 0 radical (unpaired) electrons. The van der Waals surface area contributed by atoms with E-state index >= 15 is 0 Å². The molecule has 128 valence electrons. The quantitative estimate of drug-likeness (QED) is 0.851. The van der Waals surface area contributed by atoms with Gasteiger partial charge in [0.15, 0.2) is 0 Å². The molecular formula is C19H17FN2O3. The predicted octanol–water partition coefficient (Wildman–Crippen LogP) is 2.69. The van der Waals surface area contributed by atoms with Crippen LogP contribution in [0.2, 0.25) is 0 Å². The molecule has 5 nitrogen and oxygen atoms in total. The van der Waals surface area contributed by atoms with E-state index in [4.69, 9.17) is 0 Å². The number of imide groups is 1. The van der Waals surface area contributed by atoms with Crippen LogP contribution in [0.1, 0.15) is 45.7 Å². The van der Waals surface area contributed by atoms with Crippen molar-refractivity contribution in [3.05, 3.63) is 71.0 Å². The number of benzene rings is 2. The summed E-state index contributed by atoms with van der Waals surface area (Å²) in [6.45, 7) is 1.81. The fraction of sp³-hybridized carbons (Fsp3) is 0.211. The Hall–Kier alpha value is -3.02. The molecule has 2 aromatic carbocycles. The average Bonchev–Trinajstić information content (AvgIpc) is 2.85. The number of fused-ring (bicyclic) bond motifs is 1. The van der Waals surface area contributed by atoms with Crippen LogP contribution in [0.25, 0.3) is 0 Å². The fourth-order valence-corrected chi connectivity index (χ4v) is 2.80. The zero-order valence-electron chi connectivity index (χ0n) is 13.7. The van der Waals surface area contributed by atoms with Crippen LogP contribution in [0, 0.1) is 5.82 Å². The Morgan fingerprint density at radius 3 is 2.16 bits per heavy atom. The minimum Gasteiger partial charge on any atom is -0.350 e. The molecule has 0 spiro atoms. The lowest BCUT2D eigenvalue weighted by atomic mass is 10.1. The number of nitrogens with zero attached hydrogens (tertiary/aromatic N) is 1. The summed E-state index contributed by atoms with van der Waals surface area (Å²) in [6, 6.07) is 12.2. The number of carbonyl (C=O) groups excluding carboxylic acids is 3. The van der Waals surface area contributed by atoms with Crippen LogP contribution in [-0.2, 0) is 4.79 Å². The molecule has 1 aliphatic rings. The Morgan fingerprint density at radius 2 is 1.60 bits per heavy atom. The summed E-state index contributed by atoms with van der Waals surface area (Å²) >= 11 is 0.